The van der Waals surface area contributed by atoms with Crippen LogP contribution in [-0.4, -0.2) is 41.4 Å². The van der Waals surface area contributed by atoms with Crippen LogP contribution in [0, 0.1) is 13.8 Å². The number of nitrogens with zero attached hydrogens (tertiary/aromatic N) is 1. The van der Waals surface area contributed by atoms with Crippen molar-refractivity contribution >= 4 is 11.9 Å². The first kappa shape index (κ1) is 25.6. The van der Waals surface area contributed by atoms with Crippen LogP contribution in [0.2, 0.25) is 0 Å². The van der Waals surface area contributed by atoms with Crippen molar-refractivity contribution in [3.8, 4) is 11.5 Å². The SMILES string of the molecule is COc1cc[n+](O)c(C(=O)N[C@@H](C)C(=O)O[C@@H](C)C(c2cccc(C)c2)c2cccc(C)c2)c1O. The van der Waals surface area contributed by atoms with E-state index < -0.39 is 35.5 Å². The highest BCUT2D eigenvalue weighted by atomic mass is 16.5. The molecule has 3 rings (SSSR count). The van der Waals surface area contributed by atoms with E-state index >= 15 is 0 Å². The molecule has 1 heterocycles. The highest BCUT2D eigenvalue weighted by Crippen LogP contribution is 2.31. The van der Waals surface area contributed by atoms with Crippen LogP contribution < -0.4 is 14.8 Å². The Bertz CT molecular complexity index is 1180. The molecule has 1 amide bonds. The monoisotopic (exact) mass is 479 g/mol. The number of aryl methyl sites for hydroxylation is 2. The molecule has 8 heteroatoms. The minimum atomic E-state index is -1.05. The summed E-state index contributed by atoms with van der Waals surface area (Å²) in [4.78, 5) is 25.6. The molecular formula is C27H31N2O6+. The molecule has 2 aromatic carbocycles. The number of rotatable bonds is 8. The number of pyridine rings is 1. The van der Waals surface area contributed by atoms with Crippen molar-refractivity contribution in [2.24, 2.45) is 0 Å². The fourth-order valence-electron chi connectivity index (χ4n) is 4.03. The van der Waals surface area contributed by atoms with Gasteiger partial charge in [0.2, 0.25) is 11.9 Å². The van der Waals surface area contributed by atoms with Crippen molar-refractivity contribution in [3.05, 3.63) is 88.7 Å². The van der Waals surface area contributed by atoms with Crippen LogP contribution in [0.4, 0.5) is 0 Å². The fraction of sp³-hybridized carbons (Fsp3) is 0.296. The predicted octanol–water partition coefficient (Wildman–Crippen LogP) is 3.42. The van der Waals surface area contributed by atoms with Gasteiger partial charge in [0.25, 0.3) is 0 Å². The summed E-state index contributed by atoms with van der Waals surface area (Å²) in [5, 5.41) is 22.7. The molecule has 8 nitrogen and oxygen atoms in total. The van der Waals surface area contributed by atoms with Crippen molar-refractivity contribution in [1.29, 1.82) is 0 Å². The van der Waals surface area contributed by atoms with Crippen molar-refractivity contribution < 1.29 is 34.1 Å². The molecule has 0 saturated heterocycles. The molecule has 0 bridgehead atoms. The Hall–Kier alpha value is -4.07. The summed E-state index contributed by atoms with van der Waals surface area (Å²) >= 11 is 0. The number of benzene rings is 2. The standard InChI is InChI=1S/C27H30N2O6/c1-16-8-6-10-20(14-16)23(21-11-7-9-17(2)15-21)19(4)35-27(32)18(3)28-26(31)24-25(30)22(34-5)12-13-29(24)33/h6-15,18-19,23H,1-5H3,(H2-,28,30,31,33)/p+1/t18-,19-/m0/s1. The van der Waals surface area contributed by atoms with E-state index in [9.17, 15) is 19.9 Å². The lowest BCUT2D eigenvalue weighted by Crippen LogP contribution is -2.47. The van der Waals surface area contributed by atoms with Gasteiger partial charge in [0.1, 0.15) is 12.1 Å². The van der Waals surface area contributed by atoms with Gasteiger partial charge in [-0.05, 0) is 38.8 Å². The number of nitrogens with one attached hydrogen (secondary N) is 1. The number of amides is 1. The zero-order chi connectivity index (χ0) is 25.7. The molecule has 2 atom stereocenters. The molecule has 1 aromatic heterocycles. The van der Waals surface area contributed by atoms with Crippen LogP contribution in [0.15, 0.2) is 60.8 Å². The average molecular weight is 480 g/mol. The maximum Gasteiger partial charge on any atom is 0.366 e. The van der Waals surface area contributed by atoms with E-state index in [1.54, 1.807) is 0 Å². The Morgan fingerprint density at radius 1 is 0.971 bits per heavy atom. The van der Waals surface area contributed by atoms with Crippen LogP contribution >= 0.6 is 0 Å². The number of aromatic nitrogens is 1. The first-order valence-corrected chi connectivity index (χ1v) is 11.3. The second-order valence-electron chi connectivity index (χ2n) is 8.57. The summed E-state index contributed by atoms with van der Waals surface area (Å²) in [6.45, 7) is 7.30. The molecule has 0 aliphatic heterocycles. The van der Waals surface area contributed by atoms with Crippen molar-refractivity contribution in [3.63, 3.8) is 0 Å². The van der Waals surface area contributed by atoms with Gasteiger partial charge in [0.05, 0.1) is 13.2 Å². The van der Waals surface area contributed by atoms with Gasteiger partial charge in [-0.15, -0.1) is 0 Å². The zero-order valence-corrected chi connectivity index (χ0v) is 20.5. The first-order chi connectivity index (χ1) is 16.6. The molecule has 0 radical (unpaired) electrons. The molecular weight excluding hydrogens is 448 g/mol. The number of carbonyl (C=O) groups excluding carboxylic acids is 2. The molecule has 0 fully saturated rings. The van der Waals surface area contributed by atoms with E-state index in [0.717, 1.165) is 28.5 Å². The molecule has 3 N–H and O–H groups in total. The normalized spacial score (nSPS) is 12.6. The third-order valence-corrected chi connectivity index (χ3v) is 5.76. The minimum absolute atomic E-state index is 0.00320. The van der Waals surface area contributed by atoms with Gasteiger partial charge in [0, 0.05) is 10.6 Å². The van der Waals surface area contributed by atoms with Crippen molar-refractivity contribution in [2.75, 3.05) is 7.11 Å². The lowest BCUT2D eigenvalue weighted by molar-refractivity contribution is -0.906. The van der Waals surface area contributed by atoms with Crippen molar-refractivity contribution in [1.82, 2.24) is 5.32 Å². The summed E-state index contributed by atoms with van der Waals surface area (Å²) in [6, 6.07) is 16.3. The van der Waals surface area contributed by atoms with Crippen LogP contribution in [0.5, 0.6) is 11.5 Å². The van der Waals surface area contributed by atoms with Crippen LogP contribution in [-0.2, 0) is 9.53 Å². The highest BCUT2D eigenvalue weighted by Gasteiger charge is 2.33. The van der Waals surface area contributed by atoms with Gasteiger partial charge >= 0.3 is 17.6 Å². The zero-order valence-electron chi connectivity index (χ0n) is 20.5. The number of hydrogen-bond acceptors (Lipinski definition) is 6. The summed E-state index contributed by atoms with van der Waals surface area (Å²) < 4.78 is 11.2. The molecule has 0 aliphatic carbocycles. The fourth-order valence-corrected chi connectivity index (χ4v) is 4.03. The Balaban J connectivity index is 1.80. The number of ether oxygens (including phenoxy) is 2. The number of hydrogen-bond donors (Lipinski definition) is 3. The number of esters is 1. The van der Waals surface area contributed by atoms with Crippen molar-refractivity contribution in [2.45, 2.75) is 45.8 Å². The lowest BCUT2D eigenvalue weighted by Gasteiger charge is -2.27. The highest BCUT2D eigenvalue weighted by molar-refractivity contribution is 5.96. The van der Waals surface area contributed by atoms with Gasteiger partial charge in [0.15, 0.2) is 5.75 Å². The van der Waals surface area contributed by atoms with Crippen LogP contribution in [0.25, 0.3) is 0 Å². The first-order valence-electron chi connectivity index (χ1n) is 11.3. The number of methoxy groups -OCH3 is 1. The number of aromatic hydroxyl groups is 1. The molecule has 0 saturated carbocycles. The molecule has 35 heavy (non-hydrogen) atoms. The Morgan fingerprint density at radius 2 is 1.54 bits per heavy atom. The Labute approximate surface area is 204 Å². The van der Waals surface area contributed by atoms with E-state index in [-0.39, 0.29) is 11.7 Å². The summed E-state index contributed by atoms with van der Waals surface area (Å²) in [7, 11) is 1.32. The van der Waals surface area contributed by atoms with Gasteiger partial charge in [-0.25, -0.2) is 4.79 Å². The second-order valence-corrected chi connectivity index (χ2v) is 8.57. The maximum absolute atomic E-state index is 12.9. The summed E-state index contributed by atoms with van der Waals surface area (Å²) in [5.41, 5.74) is 3.74. The third-order valence-electron chi connectivity index (χ3n) is 5.76. The molecule has 0 aliphatic rings. The van der Waals surface area contributed by atoms with E-state index in [1.807, 2.05) is 57.2 Å². The van der Waals surface area contributed by atoms with E-state index in [1.165, 1.54) is 20.1 Å². The van der Waals surface area contributed by atoms with Gasteiger partial charge in [-0.3, -0.25) is 10.0 Å². The van der Waals surface area contributed by atoms with Crippen LogP contribution in [0.1, 0.15) is 52.5 Å². The number of carbonyl (C=O) groups is 2. The largest absolute Gasteiger partial charge is 0.499 e. The second kappa shape index (κ2) is 10.9. The van der Waals surface area contributed by atoms with Gasteiger partial charge in [-0.1, -0.05) is 59.7 Å². The van der Waals surface area contributed by atoms with Gasteiger partial charge < -0.3 is 19.9 Å². The topological polar surface area (TPSA) is 109 Å². The average Bonchev–Trinajstić information content (AvgIpc) is 2.79. The Morgan fingerprint density at radius 3 is 2.06 bits per heavy atom. The molecule has 0 unspecified atom stereocenters. The van der Waals surface area contributed by atoms with E-state index in [2.05, 4.69) is 17.4 Å². The van der Waals surface area contributed by atoms with Gasteiger partial charge in [-0.2, -0.15) is 0 Å². The molecule has 3 aromatic rings. The summed E-state index contributed by atoms with van der Waals surface area (Å²) in [5.74, 6) is -2.28. The Kier molecular flexibility index (Phi) is 7.96. The lowest BCUT2D eigenvalue weighted by atomic mass is 9.86. The predicted molar refractivity (Wildman–Crippen MR) is 129 cm³/mol. The van der Waals surface area contributed by atoms with Crippen LogP contribution in [0.3, 0.4) is 0 Å². The molecule has 0 spiro atoms. The quantitative estimate of drug-likeness (QED) is 0.260. The third kappa shape index (κ3) is 5.90. The maximum atomic E-state index is 12.9. The van der Waals surface area contributed by atoms with E-state index in [4.69, 9.17) is 9.47 Å². The van der Waals surface area contributed by atoms with E-state index in [0.29, 0.717) is 4.73 Å². The minimum Gasteiger partial charge on any atom is -0.499 e. The summed E-state index contributed by atoms with van der Waals surface area (Å²) in [6.07, 6.45) is 0.603. The molecule has 184 valence electrons. The smallest absolute Gasteiger partial charge is 0.366 e.